The number of H-pyrrole nitrogens is 1. The van der Waals surface area contributed by atoms with E-state index in [-0.39, 0.29) is 23.2 Å². The highest BCUT2D eigenvalue weighted by molar-refractivity contribution is 5.83. The molecular weight excluding hydrogens is 346 g/mol. The molecule has 0 aliphatic rings. The van der Waals surface area contributed by atoms with E-state index in [0.717, 1.165) is 11.1 Å². The smallest absolute Gasteiger partial charge is 0.161 e. The van der Waals surface area contributed by atoms with Crippen molar-refractivity contribution >= 4 is 11.0 Å². The Morgan fingerprint density at radius 1 is 1.04 bits per heavy atom. The lowest BCUT2D eigenvalue weighted by atomic mass is 9.98. The molecule has 0 fully saturated rings. The van der Waals surface area contributed by atoms with Crippen molar-refractivity contribution in [2.24, 2.45) is 0 Å². The summed E-state index contributed by atoms with van der Waals surface area (Å²) in [5.41, 5.74) is 2.64. The Morgan fingerprint density at radius 2 is 1.74 bits per heavy atom. The minimum Gasteiger partial charge on any atom is -0.395 e. The number of aryl methyl sites for hydroxylation is 1. The Bertz CT molecular complexity index is 1090. The fourth-order valence-electron chi connectivity index (χ4n) is 3.28. The van der Waals surface area contributed by atoms with Gasteiger partial charge >= 0.3 is 0 Å². The quantitative estimate of drug-likeness (QED) is 0.539. The van der Waals surface area contributed by atoms with E-state index in [1.54, 1.807) is 30.3 Å². The summed E-state index contributed by atoms with van der Waals surface area (Å²) < 4.78 is 29.7. The van der Waals surface area contributed by atoms with Crippen LogP contribution in [-0.2, 0) is 0 Å². The van der Waals surface area contributed by atoms with Crippen LogP contribution in [0.15, 0.2) is 60.7 Å². The lowest BCUT2D eigenvalue weighted by Gasteiger charge is -2.12. The van der Waals surface area contributed by atoms with Gasteiger partial charge in [-0.25, -0.2) is 13.8 Å². The molecule has 0 amide bonds. The summed E-state index contributed by atoms with van der Waals surface area (Å²) in [4.78, 5) is 7.32. The Morgan fingerprint density at radius 3 is 2.41 bits per heavy atom. The van der Waals surface area contributed by atoms with E-state index in [1.165, 1.54) is 6.07 Å². The van der Waals surface area contributed by atoms with Gasteiger partial charge in [-0.3, -0.25) is 0 Å². The SMILES string of the molecule is Cc1ccc(C(CO)c2nc3c(F)c(-c4ccccc4)c(F)cc3[nH]2)cc1. The average Bonchev–Trinajstić information content (AvgIpc) is 3.08. The van der Waals surface area contributed by atoms with E-state index in [4.69, 9.17) is 0 Å². The maximum absolute atomic E-state index is 15.1. The van der Waals surface area contributed by atoms with Gasteiger partial charge in [0.15, 0.2) is 5.82 Å². The molecule has 0 aliphatic carbocycles. The number of aliphatic hydroxyl groups is 1. The van der Waals surface area contributed by atoms with Crippen molar-refractivity contribution < 1.29 is 13.9 Å². The number of aromatic amines is 1. The molecule has 27 heavy (non-hydrogen) atoms. The molecule has 4 aromatic rings. The number of imidazole rings is 1. The van der Waals surface area contributed by atoms with E-state index >= 15 is 4.39 Å². The van der Waals surface area contributed by atoms with Crippen LogP contribution in [0.3, 0.4) is 0 Å². The molecule has 0 spiro atoms. The fourth-order valence-corrected chi connectivity index (χ4v) is 3.28. The molecule has 0 saturated heterocycles. The Labute approximate surface area is 155 Å². The number of fused-ring (bicyclic) bond motifs is 1. The summed E-state index contributed by atoms with van der Waals surface area (Å²) in [6, 6.07) is 17.5. The molecule has 1 unspecified atom stereocenters. The molecule has 0 aliphatic heterocycles. The zero-order valence-corrected chi connectivity index (χ0v) is 14.7. The topological polar surface area (TPSA) is 48.9 Å². The lowest BCUT2D eigenvalue weighted by molar-refractivity contribution is 0.277. The molecule has 1 heterocycles. The number of hydrogen-bond acceptors (Lipinski definition) is 2. The van der Waals surface area contributed by atoms with E-state index in [1.807, 2.05) is 31.2 Å². The third-order valence-corrected chi connectivity index (χ3v) is 4.74. The van der Waals surface area contributed by atoms with Crippen molar-refractivity contribution in [1.82, 2.24) is 9.97 Å². The molecule has 5 heteroatoms. The van der Waals surface area contributed by atoms with E-state index in [0.29, 0.717) is 11.4 Å². The zero-order valence-electron chi connectivity index (χ0n) is 14.7. The van der Waals surface area contributed by atoms with E-state index < -0.39 is 17.6 Å². The van der Waals surface area contributed by atoms with Crippen LogP contribution in [-0.4, -0.2) is 21.7 Å². The largest absolute Gasteiger partial charge is 0.395 e. The van der Waals surface area contributed by atoms with Gasteiger partial charge in [0.25, 0.3) is 0 Å². The van der Waals surface area contributed by atoms with Crippen molar-refractivity contribution in [2.75, 3.05) is 6.61 Å². The predicted molar refractivity (Wildman–Crippen MR) is 102 cm³/mol. The molecule has 136 valence electrons. The summed E-state index contributed by atoms with van der Waals surface area (Å²) in [7, 11) is 0. The number of aromatic nitrogens is 2. The molecular formula is C22H18F2N2O. The number of nitrogens with one attached hydrogen (secondary N) is 1. The van der Waals surface area contributed by atoms with Crippen LogP contribution >= 0.6 is 0 Å². The first-order valence-electron chi connectivity index (χ1n) is 8.69. The van der Waals surface area contributed by atoms with Crippen LogP contribution in [0.2, 0.25) is 0 Å². The predicted octanol–water partition coefficient (Wildman–Crippen LogP) is 4.94. The first kappa shape index (κ1) is 17.4. The van der Waals surface area contributed by atoms with Gasteiger partial charge in [0.1, 0.15) is 17.2 Å². The van der Waals surface area contributed by atoms with Crippen LogP contribution in [0, 0.1) is 18.6 Å². The van der Waals surface area contributed by atoms with Gasteiger partial charge in [-0.1, -0.05) is 60.2 Å². The molecule has 4 rings (SSSR count). The monoisotopic (exact) mass is 364 g/mol. The third kappa shape index (κ3) is 3.11. The molecule has 0 saturated carbocycles. The molecule has 0 bridgehead atoms. The van der Waals surface area contributed by atoms with Crippen LogP contribution in [0.25, 0.3) is 22.2 Å². The highest BCUT2D eigenvalue weighted by atomic mass is 19.1. The van der Waals surface area contributed by atoms with Crippen LogP contribution in [0.4, 0.5) is 8.78 Å². The summed E-state index contributed by atoms with van der Waals surface area (Å²) in [6.07, 6.45) is 0. The fraction of sp³-hybridized carbons (Fsp3) is 0.136. The van der Waals surface area contributed by atoms with Crippen molar-refractivity contribution in [3.05, 3.63) is 89.2 Å². The van der Waals surface area contributed by atoms with Gasteiger partial charge in [0, 0.05) is 6.07 Å². The Balaban J connectivity index is 1.85. The van der Waals surface area contributed by atoms with Crippen LogP contribution < -0.4 is 0 Å². The standard InChI is InChI=1S/C22H18F2N2O/c1-13-7-9-14(10-8-13)16(12-27)22-25-18-11-17(23)19(20(24)21(18)26-22)15-5-3-2-4-6-15/h2-11,16,27H,12H2,1H3,(H,25,26). The Hall–Kier alpha value is -3.05. The second-order valence-electron chi connectivity index (χ2n) is 6.58. The normalized spacial score (nSPS) is 12.4. The highest BCUT2D eigenvalue weighted by Crippen LogP contribution is 2.32. The van der Waals surface area contributed by atoms with Gasteiger partial charge in [0.2, 0.25) is 0 Å². The number of aliphatic hydroxyl groups excluding tert-OH is 1. The highest BCUT2D eigenvalue weighted by Gasteiger charge is 2.22. The third-order valence-electron chi connectivity index (χ3n) is 4.74. The second-order valence-corrected chi connectivity index (χ2v) is 6.58. The molecule has 2 N–H and O–H groups in total. The number of hydrogen-bond donors (Lipinski definition) is 2. The number of benzene rings is 3. The Kier molecular flexibility index (Phi) is 4.46. The zero-order chi connectivity index (χ0) is 19.0. The van der Waals surface area contributed by atoms with Gasteiger partial charge in [-0.2, -0.15) is 0 Å². The summed E-state index contributed by atoms with van der Waals surface area (Å²) in [5.74, 6) is -1.41. The first-order chi connectivity index (χ1) is 13.1. The lowest BCUT2D eigenvalue weighted by Crippen LogP contribution is -2.08. The van der Waals surface area contributed by atoms with Crippen molar-refractivity contribution in [3.8, 4) is 11.1 Å². The van der Waals surface area contributed by atoms with Crippen molar-refractivity contribution in [1.29, 1.82) is 0 Å². The minimum atomic E-state index is -0.709. The summed E-state index contributed by atoms with van der Waals surface area (Å²) in [6.45, 7) is 1.78. The first-order valence-corrected chi connectivity index (χ1v) is 8.69. The van der Waals surface area contributed by atoms with Crippen molar-refractivity contribution in [2.45, 2.75) is 12.8 Å². The molecule has 1 aromatic heterocycles. The minimum absolute atomic E-state index is 0.0656. The molecule has 3 aromatic carbocycles. The maximum atomic E-state index is 15.1. The van der Waals surface area contributed by atoms with Gasteiger partial charge in [-0.05, 0) is 18.1 Å². The average molecular weight is 364 g/mol. The van der Waals surface area contributed by atoms with Crippen molar-refractivity contribution in [3.63, 3.8) is 0 Å². The molecule has 3 nitrogen and oxygen atoms in total. The summed E-state index contributed by atoms with van der Waals surface area (Å²) in [5, 5.41) is 9.86. The van der Waals surface area contributed by atoms with E-state index in [9.17, 15) is 9.50 Å². The van der Waals surface area contributed by atoms with Gasteiger partial charge < -0.3 is 10.1 Å². The summed E-state index contributed by atoms with van der Waals surface area (Å²) >= 11 is 0. The number of halogens is 2. The van der Waals surface area contributed by atoms with Crippen LogP contribution in [0.5, 0.6) is 0 Å². The number of nitrogens with zero attached hydrogens (tertiary/aromatic N) is 1. The molecule has 1 atom stereocenters. The van der Waals surface area contributed by atoms with E-state index in [2.05, 4.69) is 9.97 Å². The maximum Gasteiger partial charge on any atom is 0.161 e. The number of rotatable bonds is 4. The van der Waals surface area contributed by atoms with Gasteiger partial charge in [0.05, 0.1) is 23.6 Å². The molecule has 0 radical (unpaired) electrons. The van der Waals surface area contributed by atoms with Crippen LogP contribution in [0.1, 0.15) is 22.9 Å². The van der Waals surface area contributed by atoms with Gasteiger partial charge in [-0.15, -0.1) is 0 Å². The second kappa shape index (κ2) is 6.93.